The summed E-state index contributed by atoms with van der Waals surface area (Å²) in [5.74, 6) is -1.42. The normalized spacial score (nSPS) is 20.1. The van der Waals surface area contributed by atoms with Crippen molar-refractivity contribution >= 4 is 17.5 Å². The number of nitrogens with one attached hydrogen (secondary N) is 1. The highest BCUT2D eigenvalue weighted by Gasteiger charge is 2.40. The molecule has 0 aliphatic carbocycles. The van der Waals surface area contributed by atoms with Crippen LogP contribution in [0.3, 0.4) is 0 Å². The van der Waals surface area contributed by atoms with Crippen LogP contribution in [0.25, 0.3) is 0 Å². The molecule has 4 heteroatoms. The van der Waals surface area contributed by atoms with Crippen molar-refractivity contribution in [3.8, 4) is 0 Å². The first-order valence-electron chi connectivity index (χ1n) is 7.61. The smallest absolute Gasteiger partial charge is 0.231 e. The third-order valence-electron chi connectivity index (χ3n) is 4.09. The fourth-order valence-electron chi connectivity index (χ4n) is 2.84. The summed E-state index contributed by atoms with van der Waals surface area (Å²) in [6.45, 7) is 0. The van der Waals surface area contributed by atoms with Gasteiger partial charge in [0.1, 0.15) is 5.92 Å². The molecule has 0 radical (unpaired) electrons. The summed E-state index contributed by atoms with van der Waals surface area (Å²) in [6, 6.07) is 17.5. The molecule has 4 nitrogen and oxygen atoms in total. The van der Waals surface area contributed by atoms with Crippen LogP contribution in [-0.2, 0) is 16.0 Å². The maximum absolute atomic E-state index is 12.4. The van der Waals surface area contributed by atoms with Gasteiger partial charge in [-0.2, -0.15) is 0 Å². The summed E-state index contributed by atoms with van der Waals surface area (Å²) in [5, 5.41) is 2.67. The van der Waals surface area contributed by atoms with E-state index < -0.39 is 12.0 Å². The van der Waals surface area contributed by atoms with Crippen molar-refractivity contribution in [3.05, 3.63) is 71.8 Å². The first kappa shape index (κ1) is 15.2. The Hall–Kier alpha value is -2.75. The summed E-state index contributed by atoms with van der Waals surface area (Å²) in [6.07, 6.45) is 0.496. The molecule has 3 rings (SSSR count). The molecule has 116 valence electrons. The maximum atomic E-state index is 12.4. The fourth-order valence-corrected chi connectivity index (χ4v) is 2.84. The monoisotopic (exact) mass is 307 g/mol. The zero-order valence-electron chi connectivity index (χ0n) is 12.6. The second-order valence-electron chi connectivity index (χ2n) is 5.71. The highest BCUT2D eigenvalue weighted by molar-refractivity contribution is 6.12. The van der Waals surface area contributed by atoms with Crippen LogP contribution in [0.1, 0.15) is 22.3 Å². The van der Waals surface area contributed by atoms with Crippen LogP contribution < -0.4 is 5.32 Å². The molecule has 1 fully saturated rings. The van der Waals surface area contributed by atoms with E-state index in [4.69, 9.17) is 0 Å². The summed E-state index contributed by atoms with van der Waals surface area (Å²) >= 11 is 0. The Bertz CT molecular complexity index is 725. The van der Waals surface area contributed by atoms with E-state index in [1.165, 1.54) is 0 Å². The number of amides is 1. The Balaban J connectivity index is 1.67. The minimum atomic E-state index is -0.776. The number of hydrogen-bond donors (Lipinski definition) is 1. The van der Waals surface area contributed by atoms with Crippen LogP contribution in [0, 0.1) is 5.92 Å². The minimum absolute atomic E-state index is 0.0621. The van der Waals surface area contributed by atoms with Crippen molar-refractivity contribution in [2.24, 2.45) is 5.92 Å². The van der Waals surface area contributed by atoms with Crippen molar-refractivity contribution in [2.45, 2.75) is 18.9 Å². The average molecular weight is 307 g/mol. The van der Waals surface area contributed by atoms with Crippen LogP contribution in [0.4, 0.5) is 0 Å². The molecule has 0 saturated carbocycles. The number of carbonyl (C=O) groups excluding carboxylic acids is 3. The van der Waals surface area contributed by atoms with Gasteiger partial charge in [-0.05, 0) is 12.0 Å². The SMILES string of the molecule is O=C(Cc1ccccc1)C1CC(C(=O)c2ccccc2)C(=O)N1. The number of hydrogen-bond acceptors (Lipinski definition) is 3. The highest BCUT2D eigenvalue weighted by atomic mass is 16.2. The van der Waals surface area contributed by atoms with Gasteiger partial charge in [0.2, 0.25) is 5.91 Å². The molecule has 1 N–H and O–H groups in total. The lowest BCUT2D eigenvalue weighted by Crippen LogP contribution is -2.34. The van der Waals surface area contributed by atoms with E-state index in [-0.39, 0.29) is 30.3 Å². The first-order valence-corrected chi connectivity index (χ1v) is 7.61. The number of carbonyl (C=O) groups is 3. The Morgan fingerprint density at radius 3 is 2.22 bits per heavy atom. The van der Waals surface area contributed by atoms with E-state index in [1.807, 2.05) is 36.4 Å². The topological polar surface area (TPSA) is 63.2 Å². The maximum Gasteiger partial charge on any atom is 0.231 e. The summed E-state index contributed by atoms with van der Waals surface area (Å²) in [4.78, 5) is 36.8. The zero-order chi connectivity index (χ0) is 16.2. The Labute approximate surface area is 134 Å². The van der Waals surface area contributed by atoms with E-state index >= 15 is 0 Å². The van der Waals surface area contributed by atoms with Crippen LogP contribution in [0.5, 0.6) is 0 Å². The highest BCUT2D eigenvalue weighted by Crippen LogP contribution is 2.22. The van der Waals surface area contributed by atoms with Gasteiger partial charge in [-0.15, -0.1) is 0 Å². The van der Waals surface area contributed by atoms with Gasteiger partial charge >= 0.3 is 0 Å². The van der Waals surface area contributed by atoms with Gasteiger partial charge in [0.05, 0.1) is 6.04 Å². The Kier molecular flexibility index (Phi) is 4.33. The Morgan fingerprint density at radius 2 is 1.57 bits per heavy atom. The van der Waals surface area contributed by atoms with Gasteiger partial charge in [-0.3, -0.25) is 14.4 Å². The molecule has 2 unspecified atom stereocenters. The van der Waals surface area contributed by atoms with E-state index in [2.05, 4.69) is 5.32 Å². The van der Waals surface area contributed by atoms with E-state index in [9.17, 15) is 14.4 Å². The molecule has 0 spiro atoms. The van der Waals surface area contributed by atoms with Crippen molar-refractivity contribution in [3.63, 3.8) is 0 Å². The van der Waals surface area contributed by atoms with E-state index in [0.717, 1.165) is 5.56 Å². The second kappa shape index (κ2) is 6.57. The fraction of sp³-hybridized carbons (Fsp3) is 0.211. The van der Waals surface area contributed by atoms with Crippen molar-refractivity contribution in [1.29, 1.82) is 0 Å². The second-order valence-corrected chi connectivity index (χ2v) is 5.71. The third kappa shape index (κ3) is 3.37. The predicted molar refractivity (Wildman–Crippen MR) is 86.0 cm³/mol. The Morgan fingerprint density at radius 1 is 0.957 bits per heavy atom. The lowest BCUT2D eigenvalue weighted by molar-refractivity contribution is -0.124. The molecular weight excluding hydrogens is 290 g/mol. The standard InChI is InChI=1S/C19H17NO3/c21-17(11-13-7-3-1-4-8-13)16-12-15(19(23)20-16)18(22)14-9-5-2-6-10-14/h1-10,15-16H,11-12H2,(H,20,23). The lowest BCUT2D eigenvalue weighted by Gasteiger charge is -2.08. The molecule has 2 aromatic rings. The molecule has 2 atom stereocenters. The average Bonchev–Trinajstić information content (AvgIpc) is 2.98. The number of Topliss-reactive ketones (excluding diaryl/α,β-unsaturated/α-hetero) is 2. The summed E-state index contributed by atoms with van der Waals surface area (Å²) < 4.78 is 0. The van der Waals surface area contributed by atoms with Crippen LogP contribution in [-0.4, -0.2) is 23.5 Å². The van der Waals surface area contributed by atoms with Crippen LogP contribution in [0.2, 0.25) is 0 Å². The van der Waals surface area contributed by atoms with Gasteiger partial charge in [0.25, 0.3) is 0 Å². The van der Waals surface area contributed by atoms with Gasteiger partial charge in [-0.1, -0.05) is 60.7 Å². The molecule has 1 amide bonds. The molecule has 2 aromatic carbocycles. The molecular formula is C19H17NO3. The molecule has 1 heterocycles. The van der Waals surface area contributed by atoms with Gasteiger partial charge < -0.3 is 5.32 Å². The predicted octanol–water partition coefficient (Wildman–Crippen LogP) is 2.19. The van der Waals surface area contributed by atoms with Crippen LogP contribution >= 0.6 is 0 Å². The number of rotatable bonds is 5. The van der Waals surface area contributed by atoms with Gasteiger partial charge in [0.15, 0.2) is 11.6 Å². The molecule has 0 bridgehead atoms. The number of benzene rings is 2. The number of ketones is 2. The van der Waals surface area contributed by atoms with E-state index in [0.29, 0.717) is 5.56 Å². The van der Waals surface area contributed by atoms with Gasteiger partial charge in [-0.25, -0.2) is 0 Å². The molecule has 1 aliphatic heterocycles. The molecule has 23 heavy (non-hydrogen) atoms. The molecule has 1 aliphatic rings. The minimum Gasteiger partial charge on any atom is -0.346 e. The lowest BCUT2D eigenvalue weighted by atomic mass is 9.92. The molecule has 0 aromatic heterocycles. The third-order valence-corrected chi connectivity index (χ3v) is 4.09. The van der Waals surface area contributed by atoms with Crippen molar-refractivity contribution < 1.29 is 14.4 Å². The van der Waals surface area contributed by atoms with Crippen LogP contribution in [0.15, 0.2) is 60.7 Å². The first-order chi connectivity index (χ1) is 11.1. The van der Waals surface area contributed by atoms with Crippen molar-refractivity contribution in [2.75, 3.05) is 0 Å². The van der Waals surface area contributed by atoms with Gasteiger partial charge in [0, 0.05) is 12.0 Å². The summed E-state index contributed by atoms with van der Waals surface area (Å²) in [5.41, 5.74) is 1.41. The largest absolute Gasteiger partial charge is 0.346 e. The molecule has 1 saturated heterocycles. The quantitative estimate of drug-likeness (QED) is 0.680. The summed E-state index contributed by atoms with van der Waals surface area (Å²) in [7, 11) is 0. The zero-order valence-corrected chi connectivity index (χ0v) is 12.6. The van der Waals surface area contributed by atoms with Crippen molar-refractivity contribution in [1.82, 2.24) is 5.32 Å². The van der Waals surface area contributed by atoms with E-state index in [1.54, 1.807) is 24.3 Å².